The summed E-state index contributed by atoms with van der Waals surface area (Å²) in [5.74, 6) is 0.247. The Morgan fingerprint density at radius 1 is 1.40 bits per heavy atom. The third-order valence-corrected chi connectivity index (χ3v) is 3.33. The summed E-state index contributed by atoms with van der Waals surface area (Å²) in [7, 11) is 0. The molecular formula is C11H23N3O. The van der Waals surface area contributed by atoms with Crippen molar-refractivity contribution in [1.29, 1.82) is 0 Å². The summed E-state index contributed by atoms with van der Waals surface area (Å²) < 4.78 is 0. The normalized spacial score (nSPS) is 29.5. The van der Waals surface area contributed by atoms with Gasteiger partial charge in [0.15, 0.2) is 0 Å². The van der Waals surface area contributed by atoms with Gasteiger partial charge in [-0.25, -0.2) is 0 Å². The number of amides is 1. The Kier molecular flexibility index (Phi) is 5.05. The average molecular weight is 213 g/mol. The van der Waals surface area contributed by atoms with Gasteiger partial charge in [0.05, 0.1) is 6.04 Å². The molecule has 5 N–H and O–H groups in total. The molecule has 1 saturated carbocycles. The zero-order chi connectivity index (χ0) is 11.3. The number of hydrogen-bond acceptors (Lipinski definition) is 3. The highest BCUT2D eigenvalue weighted by molar-refractivity contribution is 5.79. The van der Waals surface area contributed by atoms with Crippen LogP contribution in [0.4, 0.5) is 0 Å². The molecule has 0 aliphatic heterocycles. The Balaban J connectivity index is 2.32. The van der Waals surface area contributed by atoms with Crippen LogP contribution in [0.3, 0.4) is 0 Å². The predicted octanol–water partition coefficient (Wildman–Crippen LogP) is 0.357. The van der Waals surface area contributed by atoms with Crippen molar-refractivity contribution in [3.05, 3.63) is 0 Å². The molecule has 1 fully saturated rings. The van der Waals surface area contributed by atoms with Crippen LogP contribution in [0.15, 0.2) is 0 Å². The molecule has 0 aromatic rings. The molecule has 0 saturated heterocycles. The van der Waals surface area contributed by atoms with Crippen LogP contribution in [-0.2, 0) is 4.79 Å². The van der Waals surface area contributed by atoms with E-state index in [-0.39, 0.29) is 0 Å². The van der Waals surface area contributed by atoms with Crippen molar-refractivity contribution in [2.45, 2.75) is 51.1 Å². The third-order valence-electron chi connectivity index (χ3n) is 3.33. The van der Waals surface area contributed by atoms with Gasteiger partial charge in [-0.1, -0.05) is 26.2 Å². The van der Waals surface area contributed by atoms with Gasteiger partial charge in [0.25, 0.3) is 0 Å². The van der Waals surface area contributed by atoms with E-state index in [1.165, 1.54) is 32.1 Å². The number of nitrogens with one attached hydrogen (secondary N) is 1. The first-order valence-electron chi connectivity index (χ1n) is 5.89. The third kappa shape index (κ3) is 4.18. The van der Waals surface area contributed by atoms with Crippen LogP contribution in [-0.4, -0.2) is 24.5 Å². The smallest absolute Gasteiger partial charge is 0.235 e. The van der Waals surface area contributed by atoms with E-state index in [0.29, 0.717) is 18.5 Å². The fraction of sp³-hybridized carbons (Fsp3) is 0.909. The molecule has 3 unspecified atom stereocenters. The van der Waals surface area contributed by atoms with Gasteiger partial charge in [-0.15, -0.1) is 0 Å². The summed E-state index contributed by atoms with van der Waals surface area (Å²) in [6.45, 7) is 2.77. The largest absolute Gasteiger partial charge is 0.368 e. The zero-order valence-electron chi connectivity index (χ0n) is 9.54. The van der Waals surface area contributed by atoms with E-state index in [0.717, 1.165) is 0 Å². The lowest BCUT2D eigenvalue weighted by atomic mass is 9.97. The minimum atomic E-state index is -0.555. The van der Waals surface area contributed by atoms with Crippen LogP contribution < -0.4 is 16.8 Å². The molecule has 0 heterocycles. The van der Waals surface area contributed by atoms with E-state index in [4.69, 9.17) is 11.5 Å². The van der Waals surface area contributed by atoms with Crippen molar-refractivity contribution in [3.8, 4) is 0 Å². The Hall–Kier alpha value is -0.610. The van der Waals surface area contributed by atoms with Crippen LogP contribution in [0, 0.1) is 5.92 Å². The lowest BCUT2D eigenvalue weighted by molar-refractivity contribution is -0.119. The molecule has 15 heavy (non-hydrogen) atoms. The van der Waals surface area contributed by atoms with Crippen molar-refractivity contribution in [3.63, 3.8) is 0 Å². The molecule has 1 aliphatic rings. The molecule has 1 rings (SSSR count). The van der Waals surface area contributed by atoms with E-state index in [1.54, 1.807) is 0 Å². The molecule has 4 nitrogen and oxygen atoms in total. The molecule has 1 amide bonds. The number of primary amides is 1. The molecule has 4 heteroatoms. The van der Waals surface area contributed by atoms with Crippen molar-refractivity contribution < 1.29 is 4.79 Å². The maximum Gasteiger partial charge on any atom is 0.235 e. The number of carbonyl (C=O) groups excluding carboxylic acids is 1. The summed E-state index contributed by atoms with van der Waals surface area (Å²) in [5.41, 5.74) is 10.7. The van der Waals surface area contributed by atoms with Crippen LogP contribution >= 0.6 is 0 Å². The lowest BCUT2D eigenvalue weighted by Gasteiger charge is -2.24. The lowest BCUT2D eigenvalue weighted by Crippen LogP contribution is -2.48. The summed E-state index contributed by atoms with van der Waals surface area (Å²) in [5, 5.41) is 3.37. The Morgan fingerprint density at radius 3 is 2.73 bits per heavy atom. The van der Waals surface area contributed by atoms with Crippen LogP contribution in [0.2, 0.25) is 0 Å². The molecule has 0 aromatic carbocycles. The highest BCUT2D eigenvalue weighted by atomic mass is 16.1. The van der Waals surface area contributed by atoms with Crippen molar-refractivity contribution in [2.24, 2.45) is 17.4 Å². The van der Waals surface area contributed by atoms with Crippen LogP contribution in [0.1, 0.15) is 39.0 Å². The summed E-state index contributed by atoms with van der Waals surface area (Å²) in [4.78, 5) is 10.8. The maximum absolute atomic E-state index is 10.8. The van der Waals surface area contributed by atoms with E-state index in [9.17, 15) is 4.79 Å². The molecular weight excluding hydrogens is 190 g/mol. The SMILES string of the molecule is CC1CCCCCC1NCC(N)C(N)=O. The Bertz CT molecular complexity index is 208. The fourth-order valence-electron chi connectivity index (χ4n) is 2.18. The predicted molar refractivity (Wildman–Crippen MR) is 61.2 cm³/mol. The number of rotatable bonds is 4. The second-order valence-electron chi connectivity index (χ2n) is 4.64. The zero-order valence-corrected chi connectivity index (χ0v) is 9.54. The van der Waals surface area contributed by atoms with Gasteiger partial charge in [-0.05, 0) is 18.8 Å². The minimum absolute atomic E-state index is 0.427. The quantitative estimate of drug-likeness (QED) is 0.590. The first kappa shape index (κ1) is 12.5. The van der Waals surface area contributed by atoms with E-state index >= 15 is 0 Å². The maximum atomic E-state index is 10.8. The summed E-state index contributed by atoms with van der Waals surface area (Å²) >= 11 is 0. The van der Waals surface area contributed by atoms with Gasteiger partial charge >= 0.3 is 0 Å². The van der Waals surface area contributed by atoms with Crippen molar-refractivity contribution in [1.82, 2.24) is 5.32 Å². The second kappa shape index (κ2) is 6.08. The molecule has 3 atom stereocenters. The van der Waals surface area contributed by atoms with Gasteiger partial charge in [0, 0.05) is 12.6 Å². The van der Waals surface area contributed by atoms with E-state index in [2.05, 4.69) is 12.2 Å². The van der Waals surface area contributed by atoms with Gasteiger partial charge in [0.1, 0.15) is 0 Å². The number of hydrogen-bond donors (Lipinski definition) is 3. The van der Waals surface area contributed by atoms with Crippen LogP contribution in [0.25, 0.3) is 0 Å². The molecule has 0 radical (unpaired) electrons. The standard InChI is InChI=1S/C11H23N3O/c1-8-5-3-2-4-6-10(8)14-7-9(12)11(13)15/h8-10,14H,2-7,12H2,1H3,(H2,13,15). The molecule has 0 aromatic heterocycles. The first-order chi connectivity index (χ1) is 7.11. The monoisotopic (exact) mass is 213 g/mol. The Morgan fingerprint density at radius 2 is 2.07 bits per heavy atom. The number of carbonyl (C=O) groups is 1. The molecule has 0 bridgehead atoms. The van der Waals surface area contributed by atoms with Crippen LogP contribution in [0.5, 0.6) is 0 Å². The number of nitrogens with two attached hydrogens (primary N) is 2. The van der Waals surface area contributed by atoms with E-state index in [1.807, 2.05) is 0 Å². The van der Waals surface area contributed by atoms with Gasteiger partial charge in [-0.2, -0.15) is 0 Å². The molecule has 1 aliphatic carbocycles. The Labute approximate surface area is 91.8 Å². The van der Waals surface area contributed by atoms with Gasteiger partial charge in [-0.3, -0.25) is 4.79 Å². The minimum Gasteiger partial charge on any atom is -0.368 e. The van der Waals surface area contributed by atoms with Crippen molar-refractivity contribution >= 4 is 5.91 Å². The average Bonchev–Trinajstić information content (AvgIpc) is 2.39. The second-order valence-corrected chi connectivity index (χ2v) is 4.64. The molecule has 0 spiro atoms. The highest BCUT2D eigenvalue weighted by Gasteiger charge is 2.20. The topological polar surface area (TPSA) is 81.1 Å². The fourth-order valence-corrected chi connectivity index (χ4v) is 2.18. The first-order valence-corrected chi connectivity index (χ1v) is 5.89. The van der Waals surface area contributed by atoms with Gasteiger partial charge in [0.2, 0.25) is 5.91 Å². The van der Waals surface area contributed by atoms with Crippen molar-refractivity contribution in [2.75, 3.05) is 6.54 Å². The summed E-state index contributed by atoms with van der Waals surface area (Å²) in [6, 6.07) is -0.0571. The van der Waals surface area contributed by atoms with Gasteiger partial charge < -0.3 is 16.8 Å². The highest BCUT2D eigenvalue weighted by Crippen LogP contribution is 2.22. The van der Waals surface area contributed by atoms with E-state index < -0.39 is 11.9 Å². The molecule has 88 valence electrons. The summed E-state index contributed by atoms with van der Waals surface area (Å²) in [6.07, 6.45) is 6.37.